The van der Waals surface area contributed by atoms with Crippen LogP contribution in [0, 0.1) is 5.82 Å². The fourth-order valence-corrected chi connectivity index (χ4v) is 2.69. The monoisotopic (exact) mass is 463 g/mol. The summed E-state index contributed by atoms with van der Waals surface area (Å²) in [6, 6.07) is 11.4. The van der Waals surface area contributed by atoms with Crippen molar-refractivity contribution < 1.29 is 18.7 Å². The second-order valence-electron chi connectivity index (χ2n) is 6.21. The lowest BCUT2D eigenvalue weighted by Gasteiger charge is -2.09. The number of carbonyl (C=O) groups is 2. The first-order valence-corrected chi connectivity index (χ1v) is 10.1. The molecule has 0 atom stereocenters. The molecule has 0 saturated carbocycles. The van der Waals surface area contributed by atoms with E-state index in [1.54, 1.807) is 6.07 Å². The number of hydrogen-bond acceptors (Lipinski definition) is 4. The van der Waals surface area contributed by atoms with Crippen LogP contribution in [-0.2, 0) is 9.59 Å². The minimum absolute atomic E-state index is 0.0734. The lowest BCUT2D eigenvalue weighted by atomic mass is 10.2. The maximum Gasteiger partial charge on any atom is 0.240 e. The third-order valence-electron chi connectivity index (χ3n) is 3.85. The Balaban J connectivity index is 1.82. The SMILES string of the molecule is CCCCOc1ccc(Br)cc1C=NNC(=O)CCC(=O)Nc1ccccc1F. The van der Waals surface area contributed by atoms with Crippen LogP contribution in [0.15, 0.2) is 52.0 Å². The Labute approximate surface area is 177 Å². The normalized spacial score (nSPS) is 10.7. The maximum atomic E-state index is 13.5. The molecule has 0 radical (unpaired) electrons. The van der Waals surface area contributed by atoms with Gasteiger partial charge in [-0.15, -0.1) is 0 Å². The van der Waals surface area contributed by atoms with E-state index >= 15 is 0 Å². The van der Waals surface area contributed by atoms with Crippen LogP contribution in [0.5, 0.6) is 5.75 Å². The number of carbonyl (C=O) groups excluding carboxylic acids is 2. The van der Waals surface area contributed by atoms with Crippen LogP contribution in [0.3, 0.4) is 0 Å². The molecule has 0 aliphatic carbocycles. The molecule has 2 N–H and O–H groups in total. The molecule has 0 heterocycles. The van der Waals surface area contributed by atoms with Crippen molar-refractivity contribution >= 4 is 39.6 Å². The van der Waals surface area contributed by atoms with E-state index in [0.717, 1.165) is 17.3 Å². The average Bonchev–Trinajstić information content (AvgIpc) is 2.70. The quantitative estimate of drug-likeness (QED) is 0.306. The van der Waals surface area contributed by atoms with Gasteiger partial charge in [-0.05, 0) is 36.8 Å². The molecular weight excluding hydrogens is 441 g/mol. The molecule has 2 aromatic rings. The highest BCUT2D eigenvalue weighted by Crippen LogP contribution is 2.22. The molecule has 6 nitrogen and oxygen atoms in total. The van der Waals surface area contributed by atoms with Crippen molar-refractivity contribution in [1.82, 2.24) is 5.43 Å². The summed E-state index contributed by atoms with van der Waals surface area (Å²) in [5, 5.41) is 6.36. The number of nitrogens with one attached hydrogen (secondary N) is 2. The molecule has 29 heavy (non-hydrogen) atoms. The third-order valence-corrected chi connectivity index (χ3v) is 4.34. The van der Waals surface area contributed by atoms with E-state index in [-0.39, 0.29) is 18.5 Å². The molecular formula is C21H23BrFN3O3. The Morgan fingerprint density at radius 1 is 1.17 bits per heavy atom. The van der Waals surface area contributed by atoms with Crippen LogP contribution in [0.2, 0.25) is 0 Å². The van der Waals surface area contributed by atoms with E-state index in [1.165, 1.54) is 24.4 Å². The fraction of sp³-hybridized carbons (Fsp3) is 0.286. The van der Waals surface area contributed by atoms with E-state index in [9.17, 15) is 14.0 Å². The molecule has 0 saturated heterocycles. The number of hydrazone groups is 1. The van der Waals surface area contributed by atoms with Crippen LogP contribution < -0.4 is 15.5 Å². The number of ether oxygens (including phenoxy) is 1. The van der Waals surface area contributed by atoms with Gasteiger partial charge >= 0.3 is 0 Å². The summed E-state index contributed by atoms with van der Waals surface area (Å²) in [7, 11) is 0. The first-order chi connectivity index (χ1) is 14.0. The topological polar surface area (TPSA) is 79.8 Å². The first kappa shape index (κ1) is 22.5. The van der Waals surface area contributed by atoms with Gasteiger partial charge in [0.25, 0.3) is 0 Å². The van der Waals surface area contributed by atoms with Crippen molar-refractivity contribution in [3.8, 4) is 5.75 Å². The van der Waals surface area contributed by atoms with Gasteiger partial charge in [0.2, 0.25) is 11.8 Å². The highest BCUT2D eigenvalue weighted by Gasteiger charge is 2.09. The number of unbranched alkanes of at least 4 members (excludes halogenated alkanes) is 1. The molecule has 0 aliphatic rings. The summed E-state index contributed by atoms with van der Waals surface area (Å²) >= 11 is 3.40. The fourth-order valence-electron chi connectivity index (χ4n) is 2.31. The lowest BCUT2D eigenvalue weighted by molar-refractivity contribution is -0.124. The van der Waals surface area contributed by atoms with Crippen molar-refractivity contribution in [2.45, 2.75) is 32.6 Å². The van der Waals surface area contributed by atoms with Crippen LogP contribution >= 0.6 is 15.9 Å². The van der Waals surface area contributed by atoms with Crippen LogP contribution in [-0.4, -0.2) is 24.6 Å². The molecule has 154 valence electrons. The number of hydrogen-bond donors (Lipinski definition) is 2. The van der Waals surface area contributed by atoms with Gasteiger partial charge in [-0.3, -0.25) is 9.59 Å². The summed E-state index contributed by atoms with van der Waals surface area (Å²) in [5.74, 6) is -0.731. The van der Waals surface area contributed by atoms with Crippen molar-refractivity contribution in [3.63, 3.8) is 0 Å². The van der Waals surface area contributed by atoms with Crippen molar-refractivity contribution in [3.05, 3.63) is 58.3 Å². The number of rotatable bonds is 10. The van der Waals surface area contributed by atoms with Gasteiger partial charge in [0, 0.05) is 22.9 Å². The largest absolute Gasteiger partial charge is 0.493 e. The standard InChI is InChI=1S/C21H23BrFN3O3/c1-2-3-12-29-19-9-8-16(22)13-15(19)14-24-26-21(28)11-10-20(27)25-18-7-5-4-6-17(18)23/h4-9,13-14H,2-3,10-12H2,1H3,(H,25,27)(H,26,28). The van der Waals surface area contributed by atoms with Gasteiger partial charge in [-0.25, -0.2) is 9.82 Å². The minimum atomic E-state index is -0.527. The van der Waals surface area contributed by atoms with Crippen molar-refractivity contribution in [2.24, 2.45) is 5.10 Å². The number of nitrogens with zero attached hydrogens (tertiary/aromatic N) is 1. The van der Waals surface area contributed by atoms with E-state index in [4.69, 9.17) is 4.74 Å². The molecule has 0 fully saturated rings. The van der Waals surface area contributed by atoms with E-state index in [0.29, 0.717) is 17.9 Å². The van der Waals surface area contributed by atoms with Gasteiger partial charge in [0.15, 0.2) is 0 Å². The second kappa shape index (κ2) is 12.0. The van der Waals surface area contributed by atoms with E-state index < -0.39 is 17.6 Å². The van der Waals surface area contributed by atoms with Crippen LogP contribution in [0.1, 0.15) is 38.2 Å². The molecule has 8 heteroatoms. The highest BCUT2D eigenvalue weighted by molar-refractivity contribution is 9.10. The molecule has 0 aliphatic heterocycles. The predicted molar refractivity (Wildman–Crippen MR) is 115 cm³/mol. The molecule has 2 amide bonds. The predicted octanol–water partition coefficient (Wildman–Crippen LogP) is 4.64. The number of anilines is 1. The molecule has 0 bridgehead atoms. The van der Waals surface area contributed by atoms with Gasteiger partial charge < -0.3 is 10.1 Å². The molecule has 0 unspecified atom stereocenters. The zero-order valence-corrected chi connectivity index (χ0v) is 17.7. The third kappa shape index (κ3) is 8.03. The zero-order valence-electron chi connectivity index (χ0n) is 16.1. The van der Waals surface area contributed by atoms with Crippen molar-refractivity contribution in [2.75, 3.05) is 11.9 Å². The average molecular weight is 464 g/mol. The van der Waals surface area contributed by atoms with Crippen LogP contribution in [0.4, 0.5) is 10.1 Å². The Bertz CT molecular complexity index is 874. The minimum Gasteiger partial charge on any atom is -0.493 e. The van der Waals surface area contributed by atoms with E-state index in [1.807, 2.05) is 18.2 Å². The summed E-state index contributed by atoms with van der Waals surface area (Å²) < 4.78 is 20.1. The molecule has 0 aromatic heterocycles. The summed E-state index contributed by atoms with van der Waals surface area (Å²) in [6.07, 6.45) is 3.30. The maximum absolute atomic E-state index is 13.5. The number of amides is 2. The van der Waals surface area contributed by atoms with Crippen molar-refractivity contribution in [1.29, 1.82) is 0 Å². The first-order valence-electron chi connectivity index (χ1n) is 9.28. The summed E-state index contributed by atoms with van der Waals surface area (Å²) in [5.41, 5.74) is 3.18. The van der Waals surface area contributed by atoms with E-state index in [2.05, 4.69) is 38.7 Å². The number of para-hydroxylation sites is 1. The molecule has 2 rings (SSSR count). The number of halogens is 2. The Morgan fingerprint density at radius 2 is 1.93 bits per heavy atom. The Hall–Kier alpha value is -2.74. The smallest absolute Gasteiger partial charge is 0.240 e. The number of benzene rings is 2. The summed E-state index contributed by atoms with van der Waals surface area (Å²) in [4.78, 5) is 23.8. The van der Waals surface area contributed by atoms with Gasteiger partial charge in [-0.1, -0.05) is 41.4 Å². The molecule has 0 spiro atoms. The van der Waals surface area contributed by atoms with Gasteiger partial charge in [0.05, 0.1) is 18.5 Å². The Kier molecular flexibility index (Phi) is 9.30. The Morgan fingerprint density at radius 3 is 2.69 bits per heavy atom. The lowest BCUT2D eigenvalue weighted by Crippen LogP contribution is -2.21. The summed E-state index contributed by atoms with van der Waals surface area (Å²) in [6.45, 7) is 2.68. The second-order valence-corrected chi connectivity index (χ2v) is 7.12. The highest BCUT2D eigenvalue weighted by atomic mass is 79.9. The molecule has 2 aromatic carbocycles. The van der Waals surface area contributed by atoms with Gasteiger partial charge in [-0.2, -0.15) is 5.10 Å². The van der Waals surface area contributed by atoms with Crippen LogP contribution in [0.25, 0.3) is 0 Å². The zero-order chi connectivity index (χ0) is 21.1. The van der Waals surface area contributed by atoms with Gasteiger partial charge in [0.1, 0.15) is 11.6 Å².